The number of carbonyl (C=O) groups is 1. The molecule has 0 aliphatic rings. The van der Waals surface area contributed by atoms with E-state index < -0.39 is 11.8 Å². The van der Waals surface area contributed by atoms with E-state index >= 15 is 0 Å². The molecule has 0 atom stereocenters. The lowest BCUT2D eigenvalue weighted by atomic mass is 10.1. The van der Waals surface area contributed by atoms with E-state index in [0.29, 0.717) is 22.1 Å². The summed E-state index contributed by atoms with van der Waals surface area (Å²) < 4.78 is 13.3. The third-order valence-corrected chi connectivity index (χ3v) is 4.12. The van der Waals surface area contributed by atoms with E-state index in [9.17, 15) is 14.3 Å². The second-order valence-electron chi connectivity index (χ2n) is 5.62. The van der Waals surface area contributed by atoms with Crippen molar-refractivity contribution in [3.8, 4) is 0 Å². The van der Waals surface area contributed by atoms with Crippen LogP contribution >= 0.6 is 11.6 Å². The quantitative estimate of drug-likeness (QED) is 0.449. The van der Waals surface area contributed by atoms with Crippen molar-refractivity contribution in [3.05, 3.63) is 76.1 Å². The fourth-order valence-electron chi connectivity index (χ4n) is 2.25. The molecule has 0 bridgehead atoms. The standard InChI is InChI=1S/C20H19ClFN3O2/c1-4-19(16-7-5-6-8-18(16)21)24-13(2)25(3)23-12-14-9-10-15(22)11-17(14)20(26)27/h4-12H,1-3H3,(H,26,27)/b19-4-,23-12+,24-13?. The monoisotopic (exact) mass is 387 g/mol. The molecule has 0 unspecified atom stereocenters. The number of rotatable bonds is 5. The number of halogens is 2. The van der Waals surface area contributed by atoms with Gasteiger partial charge in [-0.1, -0.05) is 35.9 Å². The van der Waals surface area contributed by atoms with E-state index in [2.05, 4.69) is 10.1 Å². The molecular formula is C20H19ClFN3O2. The van der Waals surface area contributed by atoms with Crippen LogP contribution in [0.15, 0.2) is 58.6 Å². The molecule has 0 aliphatic carbocycles. The average Bonchev–Trinajstić information content (AvgIpc) is 2.65. The minimum absolute atomic E-state index is 0.160. The van der Waals surface area contributed by atoms with Gasteiger partial charge in [-0.15, -0.1) is 0 Å². The van der Waals surface area contributed by atoms with Gasteiger partial charge < -0.3 is 5.11 Å². The van der Waals surface area contributed by atoms with E-state index in [1.807, 2.05) is 31.2 Å². The van der Waals surface area contributed by atoms with Gasteiger partial charge in [0.1, 0.15) is 11.7 Å². The van der Waals surface area contributed by atoms with Crippen LogP contribution < -0.4 is 0 Å². The van der Waals surface area contributed by atoms with Gasteiger partial charge in [-0.2, -0.15) is 5.10 Å². The Bertz CT molecular complexity index is 939. The Morgan fingerprint density at radius 2 is 1.93 bits per heavy atom. The van der Waals surface area contributed by atoms with Gasteiger partial charge >= 0.3 is 5.97 Å². The van der Waals surface area contributed by atoms with Crippen molar-refractivity contribution in [2.24, 2.45) is 10.1 Å². The van der Waals surface area contributed by atoms with E-state index in [-0.39, 0.29) is 5.56 Å². The number of aromatic carboxylic acids is 1. The topological polar surface area (TPSA) is 65.3 Å². The van der Waals surface area contributed by atoms with Crippen LogP contribution in [0, 0.1) is 5.82 Å². The zero-order valence-corrected chi connectivity index (χ0v) is 15.9. The number of hydrogen-bond donors (Lipinski definition) is 1. The van der Waals surface area contributed by atoms with E-state index in [4.69, 9.17) is 11.6 Å². The van der Waals surface area contributed by atoms with Crippen LogP contribution in [0.25, 0.3) is 5.70 Å². The Labute approximate surface area is 162 Å². The number of nitrogens with zero attached hydrogens (tertiary/aromatic N) is 3. The zero-order chi connectivity index (χ0) is 20.0. The van der Waals surface area contributed by atoms with Crippen LogP contribution in [0.2, 0.25) is 5.02 Å². The fraction of sp³-hybridized carbons (Fsp3) is 0.150. The van der Waals surface area contributed by atoms with E-state index in [1.165, 1.54) is 23.4 Å². The van der Waals surface area contributed by atoms with Crippen LogP contribution in [-0.4, -0.2) is 35.2 Å². The third-order valence-electron chi connectivity index (χ3n) is 3.79. The molecule has 7 heteroatoms. The Morgan fingerprint density at radius 1 is 1.22 bits per heavy atom. The molecule has 0 amide bonds. The number of amidine groups is 1. The SMILES string of the molecule is C/C=C(\N=C(C)N(C)/N=C/c1ccc(F)cc1C(=O)O)c1ccccc1Cl. The molecule has 0 saturated carbocycles. The molecule has 2 aromatic rings. The molecule has 1 N–H and O–H groups in total. The molecule has 140 valence electrons. The van der Waals surface area contributed by atoms with E-state index in [1.54, 1.807) is 20.0 Å². The van der Waals surface area contributed by atoms with Crippen molar-refractivity contribution < 1.29 is 14.3 Å². The highest BCUT2D eigenvalue weighted by Crippen LogP contribution is 2.24. The minimum Gasteiger partial charge on any atom is -0.478 e. The molecule has 0 spiro atoms. The van der Waals surface area contributed by atoms with Gasteiger partial charge in [-0.05, 0) is 38.1 Å². The van der Waals surface area contributed by atoms with Gasteiger partial charge in [-0.3, -0.25) is 5.01 Å². The maximum atomic E-state index is 13.3. The molecular weight excluding hydrogens is 369 g/mol. The number of carboxylic acids is 1. The van der Waals surface area contributed by atoms with Crippen molar-refractivity contribution in [1.82, 2.24) is 5.01 Å². The van der Waals surface area contributed by atoms with Gasteiger partial charge in [0.05, 0.1) is 17.5 Å². The lowest BCUT2D eigenvalue weighted by Crippen LogP contribution is -2.18. The molecule has 0 aromatic heterocycles. The molecule has 0 saturated heterocycles. The molecule has 2 aromatic carbocycles. The van der Waals surface area contributed by atoms with Crippen LogP contribution in [0.5, 0.6) is 0 Å². The Hall–Kier alpha value is -2.99. The summed E-state index contributed by atoms with van der Waals surface area (Å²) in [6.07, 6.45) is 3.19. The summed E-state index contributed by atoms with van der Waals surface area (Å²) in [7, 11) is 1.68. The summed E-state index contributed by atoms with van der Waals surface area (Å²) >= 11 is 6.22. The lowest BCUT2D eigenvalue weighted by molar-refractivity contribution is 0.0696. The van der Waals surface area contributed by atoms with Gasteiger partial charge in [-0.25, -0.2) is 14.2 Å². The van der Waals surface area contributed by atoms with Crippen LogP contribution in [0.1, 0.15) is 35.3 Å². The minimum atomic E-state index is -1.22. The molecule has 0 heterocycles. The van der Waals surface area contributed by atoms with Crippen LogP contribution in [0.3, 0.4) is 0 Å². The molecule has 5 nitrogen and oxygen atoms in total. The summed E-state index contributed by atoms with van der Waals surface area (Å²) in [6, 6.07) is 10.9. The number of hydrogen-bond acceptors (Lipinski definition) is 3. The van der Waals surface area contributed by atoms with Crippen molar-refractivity contribution in [2.75, 3.05) is 7.05 Å². The van der Waals surface area contributed by atoms with E-state index in [0.717, 1.165) is 11.6 Å². The van der Waals surface area contributed by atoms with Gasteiger partial charge in [0, 0.05) is 23.2 Å². The first-order chi connectivity index (χ1) is 12.8. The smallest absolute Gasteiger partial charge is 0.336 e. The first-order valence-corrected chi connectivity index (χ1v) is 8.48. The van der Waals surface area contributed by atoms with Crippen LogP contribution in [-0.2, 0) is 0 Å². The zero-order valence-electron chi connectivity index (χ0n) is 15.1. The van der Waals surface area contributed by atoms with Crippen molar-refractivity contribution >= 4 is 35.3 Å². The Morgan fingerprint density at radius 3 is 2.56 bits per heavy atom. The maximum absolute atomic E-state index is 13.3. The van der Waals surface area contributed by atoms with Gasteiger partial charge in [0.15, 0.2) is 0 Å². The molecule has 0 aliphatic heterocycles. The molecule has 0 fully saturated rings. The summed E-state index contributed by atoms with van der Waals surface area (Å²) in [5.41, 5.74) is 1.62. The van der Waals surface area contributed by atoms with Gasteiger partial charge in [0.2, 0.25) is 0 Å². The highest BCUT2D eigenvalue weighted by atomic mass is 35.5. The Balaban J connectivity index is 2.26. The first-order valence-electron chi connectivity index (χ1n) is 8.10. The predicted octanol–water partition coefficient (Wildman–Crippen LogP) is 4.92. The second-order valence-corrected chi connectivity index (χ2v) is 6.02. The number of hydrazone groups is 1. The van der Waals surface area contributed by atoms with Crippen molar-refractivity contribution in [2.45, 2.75) is 13.8 Å². The summed E-state index contributed by atoms with van der Waals surface area (Å²) in [5, 5.41) is 15.5. The second kappa shape index (κ2) is 9.09. The maximum Gasteiger partial charge on any atom is 0.336 e. The number of benzene rings is 2. The first kappa shape index (κ1) is 20.3. The third kappa shape index (κ3) is 5.24. The average molecular weight is 388 g/mol. The highest BCUT2D eigenvalue weighted by Gasteiger charge is 2.10. The number of allylic oxidation sites excluding steroid dienone is 1. The normalized spacial score (nSPS) is 12.5. The van der Waals surface area contributed by atoms with Gasteiger partial charge in [0.25, 0.3) is 0 Å². The van der Waals surface area contributed by atoms with Crippen molar-refractivity contribution in [3.63, 3.8) is 0 Å². The summed E-state index contributed by atoms with van der Waals surface area (Å²) in [5.74, 6) is -1.27. The fourth-order valence-corrected chi connectivity index (χ4v) is 2.49. The summed E-state index contributed by atoms with van der Waals surface area (Å²) in [6.45, 7) is 3.62. The largest absolute Gasteiger partial charge is 0.478 e. The van der Waals surface area contributed by atoms with Crippen LogP contribution in [0.4, 0.5) is 4.39 Å². The molecule has 0 radical (unpaired) electrons. The molecule has 27 heavy (non-hydrogen) atoms. The molecule has 2 rings (SSSR count). The van der Waals surface area contributed by atoms with Crippen molar-refractivity contribution in [1.29, 1.82) is 0 Å². The lowest BCUT2D eigenvalue weighted by Gasteiger charge is -2.14. The Kier molecular flexibility index (Phi) is 6.85. The number of carboxylic acid groups (broad SMARTS) is 1. The highest BCUT2D eigenvalue weighted by molar-refractivity contribution is 6.32. The summed E-state index contributed by atoms with van der Waals surface area (Å²) in [4.78, 5) is 15.8. The number of aliphatic imine (C=N–C) groups is 1. The predicted molar refractivity (Wildman–Crippen MR) is 107 cm³/mol.